The van der Waals surface area contributed by atoms with Gasteiger partial charge in [-0.25, -0.2) is 0 Å². The van der Waals surface area contributed by atoms with Crippen molar-refractivity contribution in [3.63, 3.8) is 0 Å². The number of nitrogens with zero attached hydrogens (tertiary/aromatic N) is 1. The highest BCUT2D eigenvalue weighted by Crippen LogP contribution is 2.40. The SMILES string of the molecule is O=c1c2ccccc2cc2n1CCc1cc3c(cc1-2)OCO3. The molecule has 0 unspecified atom stereocenters. The maximum absolute atomic E-state index is 12.7. The molecule has 2 aliphatic rings. The van der Waals surface area contributed by atoms with E-state index < -0.39 is 0 Å². The van der Waals surface area contributed by atoms with Gasteiger partial charge < -0.3 is 14.0 Å². The fraction of sp³-hybridized carbons (Fsp3) is 0.167. The van der Waals surface area contributed by atoms with Crippen LogP contribution in [-0.4, -0.2) is 11.4 Å². The van der Waals surface area contributed by atoms with E-state index in [4.69, 9.17) is 9.47 Å². The summed E-state index contributed by atoms with van der Waals surface area (Å²) < 4.78 is 12.8. The van der Waals surface area contributed by atoms with Crippen molar-refractivity contribution < 1.29 is 9.47 Å². The zero-order chi connectivity index (χ0) is 14.7. The number of hydrogen-bond donors (Lipinski definition) is 0. The summed E-state index contributed by atoms with van der Waals surface area (Å²) in [6.07, 6.45) is 0.831. The number of rotatable bonds is 0. The Morgan fingerprint density at radius 2 is 1.82 bits per heavy atom. The molecule has 22 heavy (non-hydrogen) atoms. The van der Waals surface area contributed by atoms with Crippen LogP contribution in [0.4, 0.5) is 0 Å². The Hall–Kier alpha value is -2.75. The van der Waals surface area contributed by atoms with Gasteiger partial charge in [-0.2, -0.15) is 0 Å². The van der Waals surface area contributed by atoms with Gasteiger partial charge in [0.25, 0.3) is 5.56 Å². The number of aromatic nitrogens is 1. The summed E-state index contributed by atoms with van der Waals surface area (Å²) in [4.78, 5) is 12.7. The molecule has 0 amide bonds. The van der Waals surface area contributed by atoms with E-state index in [9.17, 15) is 4.79 Å². The van der Waals surface area contributed by atoms with E-state index in [2.05, 4.69) is 6.07 Å². The monoisotopic (exact) mass is 291 g/mol. The fourth-order valence-corrected chi connectivity index (χ4v) is 3.40. The molecule has 0 saturated carbocycles. The molecule has 0 N–H and O–H groups in total. The number of aryl methyl sites for hydroxylation is 1. The van der Waals surface area contributed by atoms with Gasteiger partial charge >= 0.3 is 0 Å². The van der Waals surface area contributed by atoms with Crippen molar-refractivity contribution in [3.05, 3.63) is 58.4 Å². The lowest BCUT2D eigenvalue weighted by Crippen LogP contribution is -2.26. The first kappa shape index (κ1) is 11.9. The Kier molecular flexibility index (Phi) is 2.23. The standard InChI is InChI=1S/C18H13NO3/c20-18-13-4-2-1-3-11(13)7-15-14-9-17-16(21-10-22-17)8-12(14)5-6-19(15)18/h1-4,7-9H,5-6,10H2. The number of benzene rings is 2. The van der Waals surface area contributed by atoms with Crippen LogP contribution in [0.3, 0.4) is 0 Å². The van der Waals surface area contributed by atoms with Crippen LogP contribution in [0, 0.1) is 0 Å². The molecule has 0 atom stereocenters. The smallest absolute Gasteiger partial charge is 0.258 e. The van der Waals surface area contributed by atoms with Gasteiger partial charge in [-0.05, 0) is 41.6 Å². The molecule has 0 saturated heterocycles. The molecule has 4 nitrogen and oxygen atoms in total. The maximum Gasteiger partial charge on any atom is 0.258 e. The first-order chi connectivity index (χ1) is 10.8. The average molecular weight is 291 g/mol. The molecule has 2 aliphatic heterocycles. The molecule has 0 fully saturated rings. The van der Waals surface area contributed by atoms with Crippen LogP contribution < -0.4 is 15.0 Å². The second kappa shape index (κ2) is 4.13. The van der Waals surface area contributed by atoms with Crippen LogP contribution in [-0.2, 0) is 13.0 Å². The topological polar surface area (TPSA) is 40.5 Å². The summed E-state index contributed by atoms with van der Waals surface area (Å²) in [5.74, 6) is 1.56. The lowest BCUT2D eigenvalue weighted by Gasteiger charge is -2.22. The van der Waals surface area contributed by atoms with E-state index in [-0.39, 0.29) is 12.4 Å². The molecule has 2 aromatic carbocycles. The minimum Gasteiger partial charge on any atom is -0.454 e. The van der Waals surface area contributed by atoms with Gasteiger partial charge in [0.15, 0.2) is 11.5 Å². The largest absolute Gasteiger partial charge is 0.454 e. The van der Waals surface area contributed by atoms with Gasteiger partial charge in [0.05, 0.1) is 5.69 Å². The second-order valence-corrected chi connectivity index (χ2v) is 5.69. The number of fused-ring (bicyclic) bond motifs is 5. The van der Waals surface area contributed by atoms with E-state index in [1.807, 2.05) is 41.0 Å². The zero-order valence-electron chi connectivity index (χ0n) is 11.8. The number of hydrogen-bond acceptors (Lipinski definition) is 3. The summed E-state index contributed by atoms with van der Waals surface area (Å²) in [7, 11) is 0. The van der Waals surface area contributed by atoms with Crippen molar-refractivity contribution in [2.75, 3.05) is 6.79 Å². The van der Waals surface area contributed by atoms with E-state index in [1.54, 1.807) is 0 Å². The zero-order valence-corrected chi connectivity index (χ0v) is 11.8. The molecule has 5 rings (SSSR count). The van der Waals surface area contributed by atoms with Gasteiger partial charge in [0.1, 0.15) is 0 Å². The molecular weight excluding hydrogens is 278 g/mol. The Balaban J connectivity index is 1.85. The summed E-state index contributed by atoms with van der Waals surface area (Å²) in [6, 6.07) is 13.9. The first-order valence-electron chi connectivity index (χ1n) is 7.37. The normalized spacial score (nSPS) is 14.7. The van der Waals surface area contributed by atoms with E-state index in [0.29, 0.717) is 6.54 Å². The molecule has 108 valence electrons. The van der Waals surface area contributed by atoms with Crippen molar-refractivity contribution in [1.29, 1.82) is 0 Å². The third-order valence-electron chi connectivity index (χ3n) is 4.50. The second-order valence-electron chi connectivity index (χ2n) is 5.69. The molecule has 0 radical (unpaired) electrons. The Morgan fingerprint density at radius 3 is 2.73 bits per heavy atom. The van der Waals surface area contributed by atoms with Crippen LogP contribution in [0.5, 0.6) is 11.5 Å². The first-order valence-corrected chi connectivity index (χ1v) is 7.37. The minimum atomic E-state index is 0.0800. The molecule has 3 heterocycles. The summed E-state index contributed by atoms with van der Waals surface area (Å²) in [5.41, 5.74) is 3.32. The molecule has 3 aromatic rings. The highest BCUT2D eigenvalue weighted by atomic mass is 16.7. The predicted molar refractivity (Wildman–Crippen MR) is 83.5 cm³/mol. The van der Waals surface area contributed by atoms with Crippen LogP contribution in [0.15, 0.2) is 47.3 Å². The summed E-state index contributed by atoms with van der Waals surface area (Å²) in [6.45, 7) is 0.967. The highest BCUT2D eigenvalue weighted by molar-refractivity contribution is 5.86. The van der Waals surface area contributed by atoms with Gasteiger partial charge in [0.2, 0.25) is 6.79 Å². The van der Waals surface area contributed by atoms with E-state index in [1.165, 1.54) is 5.56 Å². The molecule has 4 heteroatoms. The van der Waals surface area contributed by atoms with Gasteiger partial charge in [0, 0.05) is 17.5 Å². The third kappa shape index (κ3) is 1.49. The summed E-state index contributed by atoms with van der Waals surface area (Å²) in [5, 5.41) is 1.75. The van der Waals surface area contributed by atoms with Gasteiger partial charge in [-0.3, -0.25) is 4.79 Å². The minimum absolute atomic E-state index is 0.0800. The molecule has 0 aliphatic carbocycles. The van der Waals surface area contributed by atoms with Crippen molar-refractivity contribution in [2.24, 2.45) is 0 Å². The van der Waals surface area contributed by atoms with E-state index in [0.717, 1.165) is 39.9 Å². The lowest BCUT2D eigenvalue weighted by atomic mass is 9.95. The van der Waals surface area contributed by atoms with Gasteiger partial charge in [-0.15, -0.1) is 0 Å². The number of ether oxygens (including phenoxy) is 2. The Labute approximate surface area is 126 Å². The van der Waals surface area contributed by atoms with Crippen LogP contribution >= 0.6 is 0 Å². The quantitative estimate of drug-likeness (QED) is 0.639. The van der Waals surface area contributed by atoms with Crippen molar-refractivity contribution in [2.45, 2.75) is 13.0 Å². The maximum atomic E-state index is 12.7. The molecule has 0 bridgehead atoms. The molecular formula is C18H13NO3. The molecule has 0 spiro atoms. The molecule has 1 aromatic heterocycles. The van der Waals surface area contributed by atoms with Crippen molar-refractivity contribution >= 4 is 10.8 Å². The van der Waals surface area contributed by atoms with Crippen LogP contribution in [0.25, 0.3) is 22.0 Å². The van der Waals surface area contributed by atoms with Crippen LogP contribution in [0.1, 0.15) is 5.56 Å². The fourth-order valence-electron chi connectivity index (χ4n) is 3.40. The highest BCUT2D eigenvalue weighted by Gasteiger charge is 2.23. The third-order valence-corrected chi connectivity index (χ3v) is 4.50. The van der Waals surface area contributed by atoms with E-state index >= 15 is 0 Å². The van der Waals surface area contributed by atoms with Gasteiger partial charge in [-0.1, -0.05) is 18.2 Å². The summed E-state index contributed by atoms with van der Waals surface area (Å²) >= 11 is 0. The van der Waals surface area contributed by atoms with Crippen molar-refractivity contribution in [3.8, 4) is 22.8 Å². The predicted octanol–water partition coefficient (Wildman–Crippen LogP) is 2.95. The Bertz CT molecular complexity index is 988. The Morgan fingerprint density at radius 1 is 1.00 bits per heavy atom. The van der Waals surface area contributed by atoms with Crippen LogP contribution in [0.2, 0.25) is 0 Å². The van der Waals surface area contributed by atoms with Crippen molar-refractivity contribution in [1.82, 2.24) is 4.57 Å². The average Bonchev–Trinajstić information content (AvgIpc) is 3.00. The number of pyridine rings is 1. The lowest BCUT2D eigenvalue weighted by molar-refractivity contribution is 0.174.